The molecule has 0 aromatic rings. The molecule has 0 saturated carbocycles. The van der Waals surface area contributed by atoms with Crippen molar-refractivity contribution in [3.05, 3.63) is 0 Å². The van der Waals surface area contributed by atoms with Crippen molar-refractivity contribution in [1.82, 2.24) is 0 Å². The lowest BCUT2D eigenvalue weighted by molar-refractivity contribution is 0.262. The summed E-state index contributed by atoms with van der Waals surface area (Å²) in [6, 6.07) is 0. The maximum Gasteiger partial charge on any atom is 0.121 e. The van der Waals surface area contributed by atoms with Crippen LogP contribution in [0.4, 0.5) is 0 Å². The predicted molar refractivity (Wildman–Crippen MR) is 60.3 cm³/mol. The van der Waals surface area contributed by atoms with Gasteiger partial charge in [0, 0.05) is 0 Å². The number of hydrogen-bond acceptors (Lipinski definition) is 0. The maximum atomic E-state index is 2.41. The van der Waals surface area contributed by atoms with Gasteiger partial charge in [0.25, 0.3) is 0 Å². The Balaban J connectivity index is 4.02. The zero-order valence-electron chi connectivity index (χ0n) is 9.78. The number of hydrogen-bond donors (Lipinski definition) is 0. The van der Waals surface area contributed by atoms with E-state index in [0.717, 1.165) is 11.7 Å². The minimum absolute atomic E-state index is 0.532. The van der Waals surface area contributed by atoms with Crippen molar-refractivity contribution in [2.75, 3.05) is 0 Å². The molecule has 0 aliphatic heterocycles. The van der Waals surface area contributed by atoms with Crippen molar-refractivity contribution in [2.24, 2.45) is 11.3 Å². The molecule has 0 amide bonds. The normalized spacial score (nSPS) is 17.2. The Morgan fingerprint density at radius 1 is 1.25 bits per heavy atom. The fourth-order valence-electron chi connectivity index (χ4n) is 1.80. The van der Waals surface area contributed by atoms with Gasteiger partial charge < -0.3 is 0 Å². The van der Waals surface area contributed by atoms with Crippen LogP contribution in [0.1, 0.15) is 47.5 Å². The second-order valence-corrected chi connectivity index (χ2v) is 5.02. The Bertz CT molecular complexity index is 118. The molecule has 0 rings (SSSR count). The third-order valence-corrected chi connectivity index (χ3v) is 3.52. The van der Waals surface area contributed by atoms with E-state index in [1.165, 1.54) is 20.1 Å². The molecule has 2 unspecified atom stereocenters. The third kappa shape index (κ3) is 3.64. The molecule has 0 aliphatic carbocycles. The van der Waals surface area contributed by atoms with E-state index < -0.39 is 0 Å². The predicted octanol–water partition coefficient (Wildman–Crippen LogP) is 3.74. The van der Waals surface area contributed by atoms with Gasteiger partial charge in [-0.2, -0.15) is 0 Å². The average molecular weight is 168 g/mol. The van der Waals surface area contributed by atoms with Crippen LogP contribution in [0.2, 0.25) is 12.6 Å². The highest BCUT2D eigenvalue weighted by Gasteiger charge is 2.25. The van der Waals surface area contributed by atoms with E-state index >= 15 is 0 Å². The van der Waals surface area contributed by atoms with Crippen LogP contribution in [0.25, 0.3) is 0 Å². The fraction of sp³-hybridized carbons (Fsp3) is 1.00. The Labute approximate surface area is 79.4 Å². The molecule has 0 aromatic carbocycles. The molecule has 0 heterocycles. The second-order valence-electron chi connectivity index (χ2n) is 5.02. The van der Waals surface area contributed by atoms with E-state index in [9.17, 15) is 0 Å². The zero-order valence-corrected chi connectivity index (χ0v) is 9.78. The highest BCUT2D eigenvalue weighted by Crippen LogP contribution is 2.37. The zero-order chi connectivity index (χ0) is 9.78. The topological polar surface area (TPSA) is 0 Å². The monoisotopic (exact) mass is 168 g/mol. The molecule has 0 saturated heterocycles. The summed E-state index contributed by atoms with van der Waals surface area (Å²) >= 11 is 0. The Kier molecular flexibility index (Phi) is 4.97. The molecule has 1 heteroatoms. The first kappa shape index (κ1) is 12.1. The van der Waals surface area contributed by atoms with Crippen molar-refractivity contribution >= 4 is 7.28 Å². The van der Waals surface area contributed by atoms with Crippen LogP contribution in [-0.2, 0) is 0 Å². The molecule has 0 fully saturated rings. The summed E-state index contributed by atoms with van der Waals surface area (Å²) in [6.07, 6.45) is 2.69. The van der Waals surface area contributed by atoms with Crippen molar-refractivity contribution < 1.29 is 0 Å². The molecule has 2 atom stereocenters. The van der Waals surface area contributed by atoms with Gasteiger partial charge in [-0.25, -0.2) is 0 Å². The third-order valence-electron chi connectivity index (χ3n) is 3.52. The van der Waals surface area contributed by atoms with Crippen LogP contribution >= 0.6 is 0 Å². The van der Waals surface area contributed by atoms with Crippen LogP contribution in [0.15, 0.2) is 0 Å². The molecule has 0 nitrogen and oxygen atoms in total. The Morgan fingerprint density at radius 3 is 2.08 bits per heavy atom. The molecule has 0 bridgehead atoms. The van der Waals surface area contributed by atoms with E-state index in [-0.39, 0.29) is 0 Å². The summed E-state index contributed by atoms with van der Waals surface area (Å²) in [5.41, 5.74) is 0.532. The standard InChI is InChI=1S/C11H25B/c1-7-9(2)8-11(4,5)10(3)12-6/h9-10,12H,7-8H2,1-6H3. The Morgan fingerprint density at radius 2 is 1.75 bits per heavy atom. The molecule has 72 valence electrons. The fourth-order valence-corrected chi connectivity index (χ4v) is 1.80. The van der Waals surface area contributed by atoms with E-state index in [1.807, 2.05) is 0 Å². The highest BCUT2D eigenvalue weighted by molar-refractivity contribution is 6.35. The van der Waals surface area contributed by atoms with Crippen molar-refractivity contribution in [3.63, 3.8) is 0 Å². The molecule has 0 N–H and O–H groups in total. The van der Waals surface area contributed by atoms with E-state index in [1.54, 1.807) is 0 Å². The molecule has 12 heavy (non-hydrogen) atoms. The van der Waals surface area contributed by atoms with Gasteiger partial charge in [-0.1, -0.05) is 53.7 Å². The minimum Gasteiger partial charge on any atom is -0.0891 e. The van der Waals surface area contributed by atoms with Crippen LogP contribution < -0.4 is 0 Å². The van der Waals surface area contributed by atoms with Gasteiger partial charge in [0.15, 0.2) is 0 Å². The molecular formula is C11H25B. The lowest BCUT2D eigenvalue weighted by atomic mass is 9.55. The Hall–Kier alpha value is 0.0649. The van der Waals surface area contributed by atoms with Gasteiger partial charge in [-0.15, -0.1) is 0 Å². The van der Waals surface area contributed by atoms with Gasteiger partial charge in [0.2, 0.25) is 0 Å². The van der Waals surface area contributed by atoms with E-state index in [4.69, 9.17) is 0 Å². The summed E-state index contributed by atoms with van der Waals surface area (Å²) in [5, 5.41) is 0. The second kappa shape index (κ2) is 4.94. The molecular weight excluding hydrogens is 143 g/mol. The van der Waals surface area contributed by atoms with E-state index in [2.05, 4.69) is 41.4 Å². The highest BCUT2D eigenvalue weighted by atomic mass is 14.3. The largest absolute Gasteiger partial charge is 0.121 e. The van der Waals surface area contributed by atoms with E-state index in [0.29, 0.717) is 5.41 Å². The van der Waals surface area contributed by atoms with Crippen molar-refractivity contribution in [3.8, 4) is 0 Å². The van der Waals surface area contributed by atoms with Crippen LogP contribution in [0.5, 0.6) is 0 Å². The summed E-state index contributed by atoms with van der Waals surface area (Å²) in [5.74, 6) is 1.74. The summed E-state index contributed by atoms with van der Waals surface area (Å²) in [4.78, 5) is 0. The lowest BCUT2D eigenvalue weighted by Gasteiger charge is -2.33. The minimum atomic E-state index is 0.532. The first-order valence-corrected chi connectivity index (χ1v) is 5.44. The first-order chi connectivity index (χ1) is 5.44. The molecule has 0 radical (unpaired) electrons. The van der Waals surface area contributed by atoms with Gasteiger partial charge in [0.05, 0.1) is 0 Å². The van der Waals surface area contributed by atoms with Gasteiger partial charge in [0.1, 0.15) is 7.28 Å². The van der Waals surface area contributed by atoms with Crippen molar-refractivity contribution in [1.29, 1.82) is 0 Å². The van der Waals surface area contributed by atoms with Crippen LogP contribution in [-0.4, -0.2) is 7.28 Å². The van der Waals surface area contributed by atoms with Gasteiger partial charge in [-0.05, 0) is 17.8 Å². The molecule has 0 aromatic heterocycles. The maximum absolute atomic E-state index is 2.41. The summed E-state index contributed by atoms with van der Waals surface area (Å²) in [6.45, 7) is 14.1. The lowest BCUT2D eigenvalue weighted by Crippen LogP contribution is -2.22. The van der Waals surface area contributed by atoms with Crippen LogP contribution in [0, 0.1) is 11.3 Å². The van der Waals surface area contributed by atoms with Gasteiger partial charge in [-0.3, -0.25) is 0 Å². The average Bonchev–Trinajstić information content (AvgIpc) is 2.02. The SMILES string of the molecule is CBC(C)C(C)(C)CC(C)CC. The summed E-state index contributed by atoms with van der Waals surface area (Å²) in [7, 11) is 1.31. The van der Waals surface area contributed by atoms with Gasteiger partial charge >= 0.3 is 0 Å². The molecule has 0 spiro atoms. The summed E-state index contributed by atoms with van der Waals surface area (Å²) < 4.78 is 0. The smallest absolute Gasteiger partial charge is 0.0891 e. The molecule has 0 aliphatic rings. The quantitative estimate of drug-likeness (QED) is 0.548. The van der Waals surface area contributed by atoms with Crippen LogP contribution in [0.3, 0.4) is 0 Å². The first-order valence-electron chi connectivity index (χ1n) is 5.44. The number of rotatable bonds is 5. The van der Waals surface area contributed by atoms with Crippen molar-refractivity contribution in [2.45, 2.75) is 60.1 Å².